The normalized spacial score (nSPS) is 15.9. The van der Waals surface area contributed by atoms with Crippen LogP contribution >= 0.6 is 0 Å². The van der Waals surface area contributed by atoms with Crippen LogP contribution in [0.4, 0.5) is 11.5 Å². The standard InChI is InChI=1S/C8H12N4O2/c1-13-8-6(9)7(10-5-11-8)12-3-2-4-14-12/h5H,2-4,9H2,1H3. The first-order valence-electron chi connectivity index (χ1n) is 4.38. The molecule has 14 heavy (non-hydrogen) atoms. The van der Waals surface area contributed by atoms with Gasteiger partial charge in [-0.3, -0.25) is 4.84 Å². The van der Waals surface area contributed by atoms with E-state index in [4.69, 9.17) is 15.3 Å². The van der Waals surface area contributed by atoms with Crippen LogP contribution in [0, 0.1) is 0 Å². The number of methoxy groups -OCH3 is 1. The van der Waals surface area contributed by atoms with Gasteiger partial charge in [0.2, 0.25) is 5.88 Å². The first-order valence-corrected chi connectivity index (χ1v) is 4.38. The zero-order chi connectivity index (χ0) is 9.97. The molecule has 2 heterocycles. The number of hydroxylamine groups is 1. The number of nitrogens with two attached hydrogens (primary N) is 1. The van der Waals surface area contributed by atoms with Gasteiger partial charge < -0.3 is 10.5 Å². The van der Waals surface area contributed by atoms with E-state index in [1.54, 1.807) is 5.06 Å². The lowest BCUT2D eigenvalue weighted by molar-refractivity contribution is 0.166. The molecule has 0 saturated carbocycles. The Bertz CT molecular complexity index is 325. The van der Waals surface area contributed by atoms with Gasteiger partial charge >= 0.3 is 0 Å². The fraction of sp³-hybridized carbons (Fsp3) is 0.500. The van der Waals surface area contributed by atoms with E-state index in [1.165, 1.54) is 13.4 Å². The second kappa shape index (κ2) is 3.67. The fourth-order valence-electron chi connectivity index (χ4n) is 1.35. The Hall–Kier alpha value is -1.56. The number of ether oxygens (including phenoxy) is 1. The predicted molar refractivity (Wildman–Crippen MR) is 50.9 cm³/mol. The fourth-order valence-corrected chi connectivity index (χ4v) is 1.35. The summed E-state index contributed by atoms with van der Waals surface area (Å²) in [5.74, 6) is 0.958. The molecule has 1 aromatic rings. The summed E-state index contributed by atoms with van der Waals surface area (Å²) in [4.78, 5) is 13.3. The van der Waals surface area contributed by atoms with Crippen molar-refractivity contribution in [2.24, 2.45) is 0 Å². The van der Waals surface area contributed by atoms with E-state index in [0.717, 1.165) is 13.0 Å². The molecule has 0 aromatic carbocycles. The Balaban J connectivity index is 2.32. The van der Waals surface area contributed by atoms with Crippen molar-refractivity contribution in [2.75, 3.05) is 31.1 Å². The third-order valence-corrected chi connectivity index (χ3v) is 2.01. The van der Waals surface area contributed by atoms with Gasteiger partial charge in [0, 0.05) is 6.54 Å². The number of nitrogens with zero attached hydrogens (tertiary/aromatic N) is 3. The highest BCUT2D eigenvalue weighted by Crippen LogP contribution is 2.29. The third-order valence-electron chi connectivity index (χ3n) is 2.01. The van der Waals surface area contributed by atoms with E-state index in [1.807, 2.05) is 0 Å². The second-order valence-electron chi connectivity index (χ2n) is 2.91. The number of aromatic nitrogens is 2. The van der Waals surface area contributed by atoms with Crippen molar-refractivity contribution in [3.63, 3.8) is 0 Å². The Kier molecular flexibility index (Phi) is 2.36. The van der Waals surface area contributed by atoms with Gasteiger partial charge in [0.1, 0.15) is 12.0 Å². The van der Waals surface area contributed by atoms with Crippen molar-refractivity contribution in [1.29, 1.82) is 0 Å². The minimum Gasteiger partial charge on any atom is -0.479 e. The molecule has 1 saturated heterocycles. The summed E-state index contributed by atoms with van der Waals surface area (Å²) in [7, 11) is 1.52. The molecule has 0 aliphatic carbocycles. The maximum absolute atomic E-state index is 5.80. The molecule has 6 heteroatoms. The van der Waals surface area contributed by atoms with Crippen LogP contribution in [0.25, 0.3) is 0 Å². The van der Waals surface area contributed by atoms with E-state index in [2.05, 4.69) is 9.97 Å². The third kappa shape index (κ3) is 1.44. The molecular formula is C8H12N4O2. The number of rotatable bonds is 2. The van der Waals surface area contributed by atoms with Crippen molar-refractivity contribution in [3.8, 4) is 5.88 Å². The van der Waals surface area contributed by atoms with Crippen molar-refractivity contribution in [3.05, 3.63) is 6.33 Å². The molecule has 1 aliphatic heterocycles. The largest absolute Gasteiger partial charge is 0.479 e. The molecule has 0 amide bonds. The van der Waals surface area contributed by atoms with Crippen LogP contribution < -0.4 is 15.5 Å². The van der Waals surface area contributed by atoms with Gasteiger partial charge in [-0.15, -0.1) is 0 Å². The average Bonchev–Trinajstić information content (AvgIpc) is 2.71. The molecule has 0 unspecified atom stereocenters. The summed E-state index contributed by atoms with van der Waals surface area (Å²) in [5.41, 5.74) is 6.22. The molecule has 0 atom stereocenters. The van der Waals surface area contributed by atoms with Crippen LogP contribution in [0.15, 0.2) is 6.33 Å². The van der Waals surface area contributed by atoms with E-state index < -0.39 is 0 Å². The molecule has 1 fully saturated rings. The van der Waals surface area contributed by atoms with Gasteiger partial charge in [-0.05, 0) is 6.42 Å². The van der Waals surface area contributed by atoms with E-state index >= 15 is 0 Å². The SMILES string of the molecule is COc1ncnc(N2CCCO2)c1N. The lowest BCUT2D eigenvalue weighted by atomic mass is 10.4. The first kappa shape index (κ1) is 9.01. The van der Waals surface area contributed by atoms with Gasteiger partial charge in [0.25, 0.3) is 0 Å². The highest BCUT2D eigenvalue weighted by molar-refractivity contribution is 5.66. The van der Waals surface area contributed by atoms with Crippen molar-refractivity contribution in [2.45, 2.75) is 6.42 Å². The zero-order valence-corrected chi connectivity index (χ0v) is 7.93. The minimum absolute atomic E-state index is 0.380. The van der Waals surface area contributed by atoms with Crippen LogP contribution in [0.5, 0.6) is 5.88 Å². The average molecular weight is 196 g/mol. The topological polar surface area (TPSA) is 73.5 Å². The Morgan fingerprint density at radius 3 is 3.07 bits per heavy atom. The van der Waals surface area contributed by atoms with Gasteiger partial charge in [-0.2, -0.15) is 4.98 Å². The predicted octanol–water partition coefficient (Wildman–Crippen LogP) is 0.209. The highest BCUT2D eigenvalue weighted by atomic mass is 16.7. The minimum atomic E-state index is 0.380. The Labute approximate surface area is 81.6 Å². The molecule has 2 rings (SSSR count). The van der Waals surface area contributed by atoms with E-state index in [9.17, 15) is 0 Å². The van der Waals surface area contributed by atoms with Crippen molar-refractivity contribution in [1.82, 2.24) is 9.97 Å². The van der Waals surface area contributed by atoms with Crippen molar-refractivity contribution >= 4 is 11.5 Å². The molecule has 2 N–H and O–H groups in total. The van der Waals surface area contributed by atoms with Crippen LogP contribution in [0.2, 0.25) is 0 Å². The second-order valence-corrected chi connectivity index (χ2v) is 2.91. The maximum atomic E-state index is 5.80. The molecule has 0 bridgehead atoms. The Morgan fingerprint density at radius 2 is 2.43 bits per heavy atom. The van der Waals surface area contributed by atoms with Crippen LogP contribution in [0.1, 0.15) is 6.42 Å². The molecule has 6 nitrogen and oxygen atoms in total. The van der Waals surface area contributed by atoms with E-state index in [0.29, 0.717) is 24.0 Å². The number of hydrogen-bond acceptors (Lipinski definition) is 6. The summed E-state index contributed by atoms with van der Waals surface area (Å²) in [6, 6.07) is 0. The van der Waals surface area contributed by atoms with Crippen LogP contribution in [-0.4, -0.2) is 30.2 Å². The van der Waals surface area contributed by atoms with Gasteiger partial charge in [0.15, 0.2) is 5.82 Å². The monoisotopic (exact) mass is 196 g/mol. The zero-order valence-electron chi connectivity index (χ0n) is 7.93. The number of anilines is 2. The van der Waals surface area contributed by atoms with E-state index in [-0.39, 0.29) is 0 Å². The van der Waals surface area contributed by atoms with Gasteiger partial charge in [-0.25, -0.2) is 10.0 Å². The Morgan fingerprint density at radius 1 is 1.57 bits per heavy atom. The van der Waals surface area contributed by atoms with Crippen LogP contribution in [-0.2, 0) is 4.84 Å². The number of nitrogen functional groups attached to an aromatic ring is 1. The maximum Gasteiger partial charge on any atom is 0.242 e. The molecular weight excluding hydrogens is 184 g/mol. The van der Waals surface area contributed by atoms with Crippen LogP contribution in [0.3, 0.4) is 0 Å². The molecule has 0 radical (unpaired) electrons. The molecule has 1 aromatic heterocycles. The molecule has 1 aliphatic rings. The molecule has 76 valence electrons. The highest BCUT2D eigenvalue weighted by Gasteiger charge is 2.19. The summed E-state index contributed by atoms with van der Waals surface area (Å²) >= 11 is 0. The molecule has 0 spiro atoms. The lowest BCUT2D eigenvalue weighted by Crippen LogP contribution is -2.19. The summed E-state index contributed by atoms with van der Waals surface area (Å²) in [6.45, 7) is 1.50. The summed E-state index contributed by atoms with van der Waals surface area (Å²) < 4.78 is 4.99. The summed E-state index contributed by atoms with van der Waals surface area (Å²) in [6.07, 6.45) is 2.39. The quantitative estimate of drug-likeness (QED) is 0.728. The van der Waals surface area contributed by atoms with Gasteiger partial charge in [-0.1, -0.05) is 0 Å². The summed E-state index contributed by atoms with van der Waals surface area (Å²) in [5, 5.41) is 1.67. The number of hydrogen-bond donors (Lipinski definition) is 1. The smallest absolute Gasteiger partial charge is 0.242 e. The first-order chi connectivity index (χ1) is 6.83. The van der Waals surface area contributed by atoms with Crippen molar-refractivity contribution < 1.29 is 9.57 Å². The van der Waals surface area contributed by atoms with Gasteiger partial charge in [0.05, 0.1) is 13.7 Å². The lowest BCUT2D eigenvalue weighted by Gasteiger charge is -2.16.